The third-order valence-corrected chi connectivity index (χ3v) is 5.87. The van der Waals surface area contributed by atoms with Gasteiger partial charge in [0.15, 0.2) is 17.3 Å². The van der Waals surface area contributed by atoms with Crippen LogP contribution in [0.25, 0.3) is 0 Å². The molecular weight excluding hydrogens is 356 g/mol. The zero-order chi connectivity index (χ0) is 18.1. The molecule has 3 heterocycles. The second kappa shape index (κ2) is 6.73. The molecule has 1 N–H and O–H groups in total. The highest BCUT2D eigenvalue weighted by atomic mass is 32.2. The monoisotopic (exact) mass is 376 g/mol. The van der Waals surface area contributed by atoms with Crippen molar-refractivity contribution in [3.8, 4) is 11.5 Å². The Morgan fingerprint density at radius 1 is 1.12 bits per heavy atom. The molecular formula is C17H20N4O4S. The number of nitrogens with one attached hydrogen (secondary N) is 1. The molecule has 138 valence electrons. The van der Waals surface area contributed by atoms with Gasteiger partial charge in [-0.15, -0.1) is 5.10 Å². The average molecular weight is 376 g/mol. The zero-order valence-corrected chi connectivity index (χ0v) is 15.2. The van der Waals surface area contributed by atoms with Crippen LogP contribution in [0.5, 0.6) is 11.5 Å². The Labute approximate surface area is 152 Å². The number of fused-ring (bicyclic) bond motifs is 1. The molecule has 2 aliphatic heterocycles. The Hall–Kier alpha value is -2.39. The van der Waals surface area contributed by atoms with E-state index < -0.39 is 10.0 Å². The van der Waals surface area contributed by atoms with E-state index in [-0.39, 0.29) is 10.8 Å². The van der Waals surface area contributed by atoms with Crippen molar-refractivity contribution in [3.63, 3.8) is 0 Å². The third kappa shape index (κ3) is 3.45. The van der Waals surface area contributed by atoms with E-state index in [1.54, 1.807) is 6.07 Å². The summed E-state index contributed by atoms with van der Waals surface area (Å²) >= 11 is 0. The van der Waals surface area contributed by atoms with Crippen LogP contribution >= 0.6 is 0 Å². The van der Waals surface area contributed by atoms with E-state index in [0.29, 0.717) is 31.3 Å². The first-order valence-corrected chi connectivity index (χ1v) is 9.94. The number of anilines is 1. The molecule has 0 aliphatic carbocycles. The molecule has 0 bridgehead atoms. The fraction of sp³-hybridized carbons (Fsp3) is 0.412. The molecule has 26 heavy (non-hydrogen) atoms. The molecule has 0 unspecified atom stereocenters. The highest BCUT2D eigenvalue weighted by Gasteiger charge is 2.29. The average Bonchev–Trinajstić information content (AvgIpc) is 2.61. The smallest absolute Gasteiger partial charge is 0.240 e. The summed E-state index contributed by atoms with van der Waals surface area (Å²) in [7, 11) is -3.58. The maximum atomic E-state index is 12.5. The van der Waals surface area contributed by atoms with Crippen molar-refractivity contribution < 1.29 is 17.9 Å². The van der Waals surface area contributed by atoms with Crippen LogP contribution in [0.3, 0.4) is 0 Å². The molecule has 0 spiro atoms. The van der Waals surface area contributed by atoms with Gasteiger partial charge in [0.25, 0.3) is 0 Å². The molecule has 2 aliphatic rings. The van der Waals surface area contributed by atoms with Crippen molar-refractivity contribution >= 4 is 15.8 Å². The van der Waals surface area contributed by atoms with Crippen molar-refractivity contribution in [1.82, 2.24) is 14.9 Å². The van der Waals surface area contributed by atoms with E-state index in [0.717, 1.165) is 24.6 Å². The van der Waals surface area contributed by atoms with E-state index in [2.05, 4.69) is 19.8 Å². The van der Waals surface area contributed by atoms with Gasteiger partial charge in [-0.05, 0) is 31.2 Å². The summed E-state index contributed by atoms with van der Waals surface area (Å²) in [4.78, 5) is 2.26. The van der Waals surface area contributed by atoms with Crippen LogP contribution in [-0.4, -0.2) is 51.5 Å². The summed E-state index contributed by atoms with van der Waals surface area (Å²) in [5.41, 5.74) is 0.873. The first-order valence-electron chi connectivity index (χ1n) is 8.46. The Bertz CT molecular complexity index is 895. The fourth-order valence-electron chi connectivity index (χ4n) is 2.95. The number of aryl methyl sites for hydroxylation is 1. The summed E-state index contributed by atoms with van der Waals surface area (Å²) in [5.74, 6) is 2.10. The molecule has 9 heteroatoms. The third-order valence-electron chi connectivity index (χ3n) is 4.45. The lowest BCUT2D eigenvalue weighted by Gasteiger charge is -2.39. The van der Waals surface area contributed by atoms with Crippen molar-refractivity contribution in [2.24, 2.45) is 5.92 Å². The lowest BCUT2D eigenvalue weighted by Crippen LogP contribution is -2.51. The van der Waals surface area contributed by atoms with Crippen LogP contribution in [0.2, 0.25) is 0 Å². The normalized spacial score (nSPS) is 17.0. The molecule has 0 radical (unpaired) electrons. The number of hydrogen-bond acceptors (Lipinski definition) is 7. The van der Waals surface area contributed by atoms with E-state index in [1.807, 2.05) is 19.1 Å². The summed E-state index contributed by atoms with van der Waals surface area (Å²) in [5, 5.41) is 8.19. The van der Waals surface area contributed by atoms with Crippen molar-refractivity contribution in [3.05, 3.63) is 36.0 Å². The molecule has 1 fully saturated rings. The van der Waals surface area contributed by atoms with Gasteiger partial charge in [-0.3, -0.25) is 0 Å². The Morgan fingerprint density at radius 3 is 2.62 bits per heavy atom. The van der Waals surface area contributed by atoms with Gasteiger partial charge >= 0.3 is 0 Å². The molecule has 0 atom stereocenters. The quantitative estimate of drug-likeness (QED) is 0.831. The van der Waals surface area contributed by atoms with Crippen molar-refractivity contribution in [2.75, 3.05) is 37.7 Å². The number of benzene rings is 1. The van der Waals surface area contributed by atoms with E-state index >= 15 is 0 Å². The van der Waals surface area contributed by atoms with Gasteiger partial charge in [0.05, 0.1) is 10.6 Å². The second-order valence-electron chi connectivity index (χ2n) is 6.46. The van der Waals surface area contributed by atoms with Crippen LogP contribution in [0.15, 0.2) is 35.2 Å². The summed E-state index contributed by atoms with van der Waals surface area (Å²) < 4.78 is 38.6. The number of rotatable bonds is 5. The molecule has 0 saturated carbocycles. The van der Waals surface area contributed by atoms with E-state index in [4.69, 9.17) is 9.47 Å². The predicted molar refractivity (Wildman–Crippen MR) is 95.1 cm³/mol. The van der Waals surface area contributed by atoms with Crippen LogP contribution in [0.1, 0.15) is 5.69 Å². The van der Waals surface area contributed by atoms with E-state index in [9.17, 15) is 8.42 Å². The van der Waals surface area contributed by atoms with Crippen LogP contribution in [-0.2, 0) is 10.0 Å². The van der Waals surface area contributed by atoms with Gasteiger partial charge < -0.3 is 14.4 Å². The minimum Gasteiger partial charge on any atom is -0.486 e. The number of ether oxygens (including phenoxy) is 2. The predicted octanol–water partition coefficient (Wildman–Crippen LogP) is 0.971. The Morgan fingerprint density at radius 2 is 1.88 bits per heavy atom. The second-order valence-corrected chi connectivity index (χ2v) is 8.23. The van der Waals surface area contributed by atoms with Gasteiger partial charge in [0.1, 0.15) is 13.2 Å². The molecule has 8 nitrogen and oxygen atoms in total. The van der Waals surface area contributed by atoms with Crippen molar-refractivity contribution in [1.29, 1.82) is 0 Å². The van der Waals surface area contributed by atoms with Crippen LogP contribution in [0.4, 0.5) is 5.82 Å². The Balaban J connectivity index is 1.34. The maximum absolute atomic E-state index is 12.5. The minimum atomic E-state index is -3.58. The summed E-state index contributed by atoms with van der Waals surface area (Å²) in [6, 6.07) is 8.51. The van der Waals surface area contributed by atoms with Crippen molar-refractivity contribution in [2.45, 2.75) is 11.8 Å². The van der Waals surface area contributed by atoms with Gasteiger partial charge in [-0.1, -0.05) is 0 Å². The molecule has 1 aromatic carbocycles. The number of hydrogen-bond donors (Lipinski definition) is 1. The molecule has 2 aromatic rings. The fourth-order valence-corrected chi connectivity index (χ4v) is 4.08. The van der Waals surface area contributed by atoms with Gasteiger partial charge in [-0.25, -0.2) is 13.1 Å². The van der Waals surface area contributed by atoms with E-state index in [1.165, 1.54) is 12.1 Å². The number of nitrogens with zero attached hydrogens (tertiary/aromatic N) is 3. The largest absolute Gasteiger partial charge is 0.486 e. The molecule has 1 saturated heterocycles. The lowest BCUT2D eigenvalue weighted by atomic mass is 10.0. The topological polar surface area (TPSA) is 93.7 Å². The molecule has 4 rings (SSSR count). The van der Waals surface area contributed by atoms with Crippen LogP contribution in [0, 0.1) is 12.8 Å². The maximum Gasteiger partial charge on any atom is 0.240 e. The first kappa shape index (κ1) is 17.0. The highest BCUT2D eigenvalue weighted by molar-refractivity contribution is 7.89. The first-order chi connectivity index (χ1) is 12.5. The van der Waals surface area contributed by atoms with Crippen LogP contribution < -0.4 is 19.1 Å². The summed E-state index contributed by atoms with van der Waals surface area (Å²) in [6.45, 7) is 4.67. The number of aromatic nitrogens is 2. The standard InChI is InChI=1S/C17H20N4O4S/c1-12-2-5-17(20-19-12)21-10-13(11-21)9-18-26(22,23)14-3-4-15-16(8-14)25-7-6-24-15/h2-5,8,13,18H,6-7,9-11H2,1H3. The Kier molecular flexibility index (Phi) is 4.41. The highest BCUT2D eigenvalue weighted by Crippen LogP contribution is 2.32. The SMILES string of the molecule is Cc1ccc(N2CC(CNS(=O)(=O)c3ccc4c(c3)OCCO4)C2)nn1. The van der Waals surface area contributed by atoms with Gasteiger partial charge in [-0.2, -0.15) is 5.10 Å². The number of sulfonamides is 1. The molecule has 1 aromatic heterocycles. The minimum absolute atomic E-state index is 0.183. The summed E-state index contributed by atoms with van der Waals surface area (Å²) in [6.07, 6.45) is 0. The van der Waals surface area contributed by atoms with Gasteiger partial charge in [0.2, 0.25) is 10.0 Å². The molecule has 0 amide bonds. The van der Waals surface area contributed by atoms with Gasteiger partial charge in [0, 0.05) is 31.6 Å². The lowest BCUT2D eigenvalue weighted by molar-refractivity contribution is 0.171. The zero-order valence-electron chi connectivity index (χ0n) is 14.4.